The number of imidazole rings is 1. The van der Waals surface area contributed by atoms with Crippen LogP contribution in [0.2, 0.25) is 0 Å². The second-order valence-corrected chi connectivity index (χ2v) is 8.15. The van der Waals surface area contributed by atoms with E-state index < -0.39 is 0 Å². The summed E-state index contributed by atoms with van der Waals surface area (Å²) in [5.74, 6) is 2.75. The van der Waals surface area contributed by atoms with Crippen molar-refractivity contribution in [2.45, 2.75) is 48.8 Å². The Kier molecular flexibility index (Phi) is 2.06. The van der Waals surface area contributed by atoms with Crippen LogP contribution in [-0.4, -0.2) is 19.8 Å². The van der Waals surface area contributed by atoms with Gasteiger partial charge in [-0.3, -0.25) is 0 Å². The van der Waals surface area contributed by atoms with Crippen LogP contribution >= 0.6 is 11.6 Å². The van der Waals surface area contributed by atoms with Gasteiger partial charge in [0.25, 0.3) is 0 Å². The molecule has 2 aromatic heterocycles. The molecule has 2 aromatic rings. The van der Waals surface area contributed by atoms with Gasteiger partial charge in [0, 0.05) is 16.5 Å². The highest BCUT2D eigenvalue weighted by atomic mass is 35.5. The van der Waals surface area contributed by atoms with Gasteiger partial charge in [0.1, 0.15) is 5.82 Å². The Labute approximate surface area is 123 Å². The highest BCUT2D eigenvalue weighted by Gasteiger charge is 2.58. The van der Waals surface area contributed by atoms with E-state index in [1.54, 1.807) is 0 Å². The summed E-state index contributed by atoms with van der Waals surface area (Å²) >= 11 is 6.91. The van der Waals surface area contributed by atoms with Crippen LogP contribution in [0.3, 0.4) is 0 Å². The van der Waals surface area contributed by atoms with Crippen LogP contribution in [0, 0.1) is 11.8 Å². The first-order valence-electron chi connectivity index (χ1n) is 7.64. The number of hydrogen-bond acceptors (Lipinski definition) is 2. The predicted octanol–water partition coefficient (Wildman–Crippen LogP) is 3.79. The average molecular weight is 288 g/mol. The number of nitrogens with zero attached hydrogens (tertiary/aromatic N) is 2. The van der Waals surface area contributed by atoms with Gasteiger partial charge in [0.15, 0.2) is 5.65 Å². The van der Waals surface area contributed by atoms with Crippen LogP contribution in [-0.2, 0) is 5.41 Å². The summed E-state index contributed by atoms with van der Waals surface area (Å²) in [7, 11) is 0. The van der Waals surface area contributed by atoms with Crippen LogP contribution in [0.4, 0.5) is 0 Å². The Morgan fingerprint density at radius 3 is 2.70 bits per heavy atom. The second-order valence-electron chi connectivity index (χ2n) is 7.35. The SMILES string of the molecule is ClC12CC3CC(C1)CC(c1nc4ncccc4[nH]1)(C3)C2. The highest BCUT2D eigenvalue weighted by molar-refractivity contribution is 6.24. The lowest BCUT2D eigenvalue weighted by molar-refractivity contribution is 0.00510. The number of aromatic nitrogens is 3. The van der Waals surface area contributed by atoms with Crippen LogP contribution in [0.25, 0.3) is 11.2 Å². The summed E-state index contributed by atoms with van der Waals surface area (Å²) in [6.07, 6.45) is 9.24. The van der Waals surface area contributed by atoms with Crippen molar-refractivity contribution in [3.8, 4) is 0 Å². The van der Waals surface area contributed by atoms with Crippen molar-refractivity contribution in [2.24, 2.45) is 11.8 Å². The summed E-state index contributed by atoms with van der Waals surface area (Å²) in [5, 5.41) is 0. The second kappa shape index (κ2) is 3.56. The topological polar surface area (TPSA) is 41.6 Å². The number of H-pyrrole nitrogens is 1. The van der Waals surface area contributed by atoms with Crippen LogP contribution < -0.4 is 0 Å². The molecule has 0 saturated heterocycles. The molecule has 0 amide bonds. The maximum absolute atomic E-state index is 6.91. The molecular weight excluding hydrogens is 270 g/mol. The van der Waals surface area contributed by atoms with Crippen molar-refractivity contribution in [1.82, 2.24) is 15.0 Å². The van der Waals surface area contributed by atoms with Crippen molar-refractivity contribution >= 4 is 22.8 Å². The fraction of sp³-hybridized carbons (Fsp3) is 0.625. The average Bonchev–Trinajstić information content (AvgIpc) is 2.80. The number of alkyl halides is 1. The molecule has 4 aliphatic carbocycles. The predicted molar refractivity (Wildman–Crippen MR) is 78.8 cm³/mol. The minimum Gasteiger partial charge on any atom is -0.340 e. The Morgan fingerprint density at radius 2 is 2.00 bits per heavy atom. The molecule has 2 unspecified atom stereocenters. The standard InChI is InChI=1S/C16H18ClN3/c17-16-7-10-4-11(8-16)6-15(5-10,9-16)14-19-12-2-1-3-18-13(12)20-14/h1-3,10-11H,4-9H2,(H,18,19,20). The molecule has 104 valence electrons. The summed E-state index contributed by atoms with van der Waals surface area (Å²) in [4.78, 5) is 12.8. The fourth-order valence-electron chi connectivity index (χ4n) is 5.52. The molecule has 4 bridgehead atoms. The van der Waals surface area contributed by atoms with Gasteiger partial charge in [0.2, 0.25) is 0 Å². The van der Waals surface area contributed by atoms with Gasteiger partial charge in [-0.15, -0.1) is 11.6 Å². The maximum Gasteiger partial charge on any atom is 0.177 e. The van der Waals surface area contributed by atoms with Crippen LogP contribution in [0.15, 0.2) is 18.3 Å². The zero-order chi connectivity index (χ0) is 13.4. The maximum atomic E-state index is 6.91. The molecule has 0 aliphatic heterocycles. The van der Waals surface area contributed by atoms with E-state index in [9.17, 15) is 0 Å². The van der Waals surface area contributed by atoms with Gasteiger partial charge in [-0.1, -0.05) is 0 Å². The van der Waals surface area contributed by atoms with E-state index in [2.05, 4.69) is 16.0 Å². The van der Waals surface area contributed by atoms with Gasteiger partial charge in [-0.05, 0) is 62.5 Å². The van der Waals surface area contributed by atoms with E-state index in [4.69, 9.17) is 16.6 Å². The first-order valence-corrected chi connectivity index (χ1v) is 8.02. The minimum absolute atomic E-state index is 0.0382. The summed E-state index contributed by atoms with van der Waals surface area (Å²) in [5.41, 5.74) is 2.09. The molecule has 4 saturated carbocycles. The number of pyridine rings is 1. The molecule has 20 heavy (non-hydrogen) atoms. The fourth-order valence-corrected chi connectivity index (χ4v) is 6.22. The van der Waals surface area contributed by atoms with Crippen molar-refractivity contribution in [2.75, 3.05) is 0 Å². The Bertz CT molecular complexity index is 645. The number of hydrogen-bond donors (Lipinski definition) is 1. The van der Waals surface area contributed by atoms with Crippen molar-refractivity contribution in [3.63, 3.8) is 0 Å². The molecular formula is C16H18ClN3. The van der Waals surface area contributed by atoms with Crippen LogP contribution in [0.5, 0.6) is 0 Å². The van der Waals surface area contributed by atoms with Crippen LogP contribution in [0.1, 0.15) is 44.3 Å². The number of rotatable bonds is 1. The molecule has 6 rings (SSSR count). The smallest absolute Gasteiger partial charge is 0.177 e. The third kappa shape index (κ3) is 1.47. The molecule has 2 heterocycles. The van der Waals surface area contributed by atoms with E-state index in [0.717, 1.165) is 35.2 Å². The lowest BCUT2D eigenvalue weighted by Crippen LogP contribution is -2.55. The molecule has 4 fully saturated rings. The first kappa shape index (κ1) is 11.6. The van der Waals surface area contributed by atoms with Gasteiger partial charge < -0.3 is 4.98 Å². The first-order chi connectivity index (χ1) is 9.64. The monoisotopic (exact) mass is 287 g/mol. The Morgan fingerprint density at radius 1 is 1.20 bits per heavy atom. The Balaban J connectivity index is 1.65. The van der Waals surface area contributed by atoms with Gasteiger partial charge in [0.05, 0.1) is 5.52 Å². The summed E-state index contributed by atoms with van der Waals surface area (Å²) < 4.78 is 0. The molecule has 4 aliphatic rings. The number of nitrogens with one attached hydrogen (secondary N) is 1. The molecule has 0 radical (unpaired) electrons. The molecule has 1 N–H and O–H groups in total. The highest BCUT2D eigenvalue weighted by Crippen LogP contribution is 2.63. The number of fused-ring (bicyclic) bond motifs is 1. The van der Waals surface area contributed by atoms with Crippen molar-refractivity contribution < 1.29 is 0 Å². The van der Waals surface area contributed by atoms with Gasteiger partial charge in [-0.25, -0.2) is 9.97 Å². The third-order valence-corrected chi connectivity index (χ3v) is 6.19. The van der Waals surface area contributed by atoms with E-state index in [0.29, 0.717) is 0 Å². The summed E-state index contributed by atoms with van der Waals surface area (Å²) in [6.45, 7) is 0. The number of aromatic amines is 1. The van der Waals surface area contributed by atoms with E-state index >= 15 is 0 Å². The van der Waals surface area contributed by atoms with Crippen molar-refractivity contribution in [3.05, 3.63) is 24.2 Å². The lowest BCUT2D eigenvalue weighted by atomic mass is 9.49. The molecule has 4 heteroatoms. The Hall–Kier alpha value is -1.09. The van der Waals surface area contributed by atoms with Crippen molar-refractivity contribution in [1.29, 1.82) is 0 Å². The lowest BCUT2D eigenvalue weighted by Gasteiger charge is -2.59. The largest absolute Gasteiger partial charge is 0.340 e. The van der Waals surface area contributed by atoms with E-state index in [1.165, 1.54) is 32.1 Å². The molecule has 0 aromatic carbocycles. The zero-order valence-corrected chi connectivity index (χ0v) is 12.2. The quantitative estimate of drug-likeness (QED) is 0.811. The zero-order valence-electron chi connectivity index (χ0n) is 11.4. The minimum atomic E-state index is 0.0382. The molecule has 0 spiro atoms. The number of halogens is 1. The normalized spacial score (nSPS) is 42.5. The summed E-state index contributed by atoms with van der Waals surface area (Å²) in [6, 6.07) is 4.03. The van der Waals surface area contributed by atoms with Gasteiger partial charge in [-0.2, -0.15) is 0 Å². The van der Waals surface area contributed by atoms with E-state index in [1.807, 2.05) is 12.3 Å². The third-order valence-electron chi connectivity index (χ3n) is 5.75. The molecule has 2 atom stereocenters. The molecule has 3 nitrogen and oxygen atoms in total. The van der Waals surface area contributed by atoms with Gasteiger partial charge >= 0.3 is 0 Å². The van der Waals surface area contributed by atoms with E-state index in [-0.39, 0.29) is 10.3 Å².